The molecule has 3 rings (SSSR count). The Morgan fingerprint density at radius 3 is 2.64 bits per heavy atom. The van der Waals surface area contributed by atoms with Crippen molar-refractivity contribution in [1.82, 2.24) is 15.3 Å². The van der Waals surface area contributed by atoms with E-state index in [1.807, 2.05) is 36.2 Å². The molecule has 3 aromatic rings. The van der Waals surface area contributed by atoms with Crippen LogP contribution in [0.3, 0.4) is 0 Å². The van der Waals surface area contributed by atoms with Gasteiger partial charge in [-0.15, -0.1) is 11.3 Å². The number of nitrogens with zero attached hydrogens (tertiary/aromatic N) is 2. The van der Waals surface area contributed by atoms with E-state index in [0.29, 0.717) is 28.1 Å². The van der Waals surface area contributed by atoms with Crippen molar-refractivity contribution in [3.8, 4) is 0 Å². The largest absolute Gasteiger partial charge is 0.362 e. The summed E-state index contributed by atoms with van der Waals surface area (Å²) in [6.07, 6.45) is 0. The second kappa shape index (κ2) is 12.7. The highest BCUT2D eigenvalue weighted by molar-refractivity contribution is 7.92. The van der Waals surface area contributed by atoms with Gasteiger partial charge in [-0.2, -0.15) is 0 Å². The van der Waals surface area contributed by atoms with E-state index in [1.165, 1.54) is 11.3 Å². The number of carbonyl (C=O) groups is 1. The van der Waals surface area contributed by atoms with Gasteiger partial charge < -0.3 is 24.2 Å². The van der Waals surface area contributed by atoms with Crippen LogP contribution in [0.25, 0.3) is 10.9 Å². The topological polar surface area (TPSA) is 131 Å². The third kappa shape index (κ3) is 7.57. The highest BCUT2D eigenvalue weighted by atomic mass is 32.2. The number of anilines is 1. The number of H-pyrrole nitrogens is 1. The van der Waals surface area contributed by atoms with Gasteiger partial charge in [0, 0.05) is 36.7 Å². The fraction of sp³-hybridized carbons (Fsp3) is 0.435. The highest BCUT2D eigenvalue weighted by Crippen LogP contribution is 2.48. The van der Waals surface area contributed by atoms with Gasteiger partial charge in [0.15, 0.2) is 0 Å². The van der Waals surface area contributed by atoms with Crippen molar-refractivity contribution < 1.29 is 22.6 Å². The van der Waals surface area contributed by atoms with E-state index in [0.717, 1.165) is 10.6 Å². The molecule has 0 saturated carbocycles. The van der Waals surface area contributed by atoms with E-state index in [-0.39, 0.29) is 42.5 Å². The van der Waals surface area contributed by atoms with Crippen LogP contribution in [0, 0.1) is 6.92 Å². The second-order valence-electron chi connectivity index (χ2n) is 7.97. The summed E-state index contributed by atoms with van der Waals surface area (Å²) in [5.41, 5.74) is 1.22. The lowest BCUT2D eigenvalue weighted by molar-refractivity contribution is 0.0960. The molecule has 13 heteroatoms. The molecule has 0 spiro atoms. The minimum absolute atomic E-state index is 0.142. The zero-order chi connectivity index (χ0) is 26.3. The molecule has 1 atom stereocenters. The number of fused-ring (bicyclic) bond motifs is 1. The minimum atomic E-state index is -3.39. The molecule has 36 heavy (non-hydrogen) atoms. The van der Waals surface area contributed by atoms with E-state index in [4.69, 9.17) is 9.05 Å². The van der Waals surface area contributed by atoms with Gasteiger partial charge >= 0.3 is 7.60 Å². The van der Waals surface area contributed by atoms with Gasteiger partial charge in [-0.25, -0.2) is 4.98 Å². The molecule has 1 unspecified atom stereocenters. The number of nitrogens with one attached hydrogen (secondary N) is 2. The summed E-state index contributed by atoms with van der Waals surface area (Å²) in [7, 11) is -2.95. The standard InChI is InChI=1S/C23H31N4O6PS2/c1-5-32-34(30,33-6-2)15-36(31)12-11-24-23(29)20-9-10-21(35-20)27(4)14-17-7-8-19-18(13-17)22(28)26-16(3)25-19/h7-10,13H,5-6,11-12,14-15H2,1-4H3,(H,24,29)(H,25,26,28). The summed E-state index contributed by atoms with van der Waals surface area (Å²) >= 11 is 1.33. The van der Waals surface area contributed by atoms with Crippen LogP contribution in [-0.2, 0) is 31.0 Å². The van der Waals surface area contributed by atoms with E-state index in [2.05, 4.69) is 15.3 Å². The van der Waals surface area contributed by atoms with Gasteiger partial charge in [0.1, 0.15) is 11.3 Å². The third-order valence-electron chi connectivity index (χ3n) is 5.07. The van der Waals surface area contributed by atoms with Gasteiger partial charge in [-0.05, 0) is 50.6 Å². The molecule has 0 bridgehead atoms. The van der Waals surface area contributed by atoms with Crippen molar-refractivity contribution in [2.45, 2.75) is 27.3 Å². The van der Waals surface area contributed by atoms with Crippen LogP contribution in [-0.4, -0.2) is 58.1 Å². The summed E-state index contributed by atoms with van der Waals surface area (Å²) in [6.45, 7) is 6.27. The lowest BCUT2D eigenvalue weighted by atomic mass is 10.1. The summed E-state index contributed by atoms with van der Waals surface area (Å²) in [4.78, 5) is 34.4. The van der Waals surface area contributed by atoms with Gasteiger partial charge in [0.05, 0.1) is 34.0 Å². The van der Waals surface area contributed by atoms with Crippen molar-refractivity contribution >= 4 is 51.5 Å². The predicted octanol–water partition coefficient (Wildman–Crippen LogP) is 3.63. The molecular formula is C23H31N4O6PS2. The first-order chi connectivity index (χ1) is 17.1. The molecule has 0 saturated heterocycles. The molecule has 10 nitrogen and oxygen atoms in total. The average Bonchev–Trinajstić information content (AvgIpc) is 3.30. The van der Waals surface area contributed by atoms with Crippen molar-refractivity contribution in [2.75, 3.05) is 43.0 Å². The fourth-order valence-corrected chi connectivity index (χ4v) is 8.12. The minimum Gasteiger partial charge on any atom is -0.362 e. The molecule has 2 aromatic heterocycles. The first-order valence-corrected chi connectivity index (χ1v) is 15.5. The normalized spacial score (nSPS) is 12.6. The summed E-state index contributed by atoms with van der Waals surface area (Å²) in [5, 5.41) is 4.18. The molecule has 1 aromatic carbocycles. The van der Waals surface area contributed by atoms with Crippen LogP contribution in [0.4, 0.5) is 5.00 Å². The Morgan fingerprint density at radius 1 is 1.22 bits per heavy atom. The number of aromatic amines is 1. The Bertz CT molecular complexity index is 1330. The van der Waals surface area contributed by atoms with E-state index >= 15 is 0 Å². The molecule has 0 fully saturated rings. The first-order valence-electron chi connectivity index (χ1n) is 11.5. The van der Waals surface area contributed by atoms with Gasteiger partial charge in [0.25, 0.3) is 11.5 Å². The van der Waals surface area contributed by atoms with Crippen LogP contribution in [0.5, 0.6) is 0 Å². The maximum absolute atomic E-state index is 12.6. The lowest BCUT2D eigenvalue weighted by Crippen LogP contribution is -2.27. The summed E-state index contributed by atoms with van der Waals surface area (Å²) < 4.78 is 35.1. The number of hydrogen-bond acceptors (Lipinski definition) is 9. The number of thiophene rings is 1. The van der Waals surface area contributed by atoms with Crippen LogP contribution in [0.2, 0.25) is 0 Å². The number of carbonyl (C=O) groups excluding carboxylic acids is 1. The smallest absolute Gasteiger partial charge is 0.343 e. The molecule has 2 heterocycles. The van der Waals surface area contributed by atoms with Crippen LogP contribution < -0.4 is 15.8 Å². The van der Waals surface area contributed by atoms with Crippen molar-refractivity contribution in [2.24, 2.45) is 0 Å². The Labute approximate surface area is 216 Å². The van der Waals surface area contributed by atoms with Crippen molar-refractivity contribution in [1.29, 1.82) is 0 Å². The maximum atomic E-state index is 12.6. The quantitative estimate of drug-likeness (QED) is 0.306. The van der Waals surface area contributed by atoms with Crippen LogP contribution in [0.15, 0.2) is 35.1 Å². The molecule has 1 amide bonds. The lowest BCUT2D eigenvalue weighted by Gasteiger charge is -2.17. The number of benzene rings is 1. The first kappa shape index (κ1) is 28.2. The molecule has 0 radical (unpaired) electrons. The molecular weight excluding hydrogens is 523 g/mol. The summed E-state index contributed by atoms with van der Waals surface area (Å²) in [5.74, 6) is 0.445. The zero-order valence-corrected chi connectivity index (χ0v) is 23.3. The zero-order valence-electron chi connectivity index (χ0n) is 20.7. The fourth-order valence-electron chi connectivity index (χ4n) is 3.52. The molecule has 0 aliphatic carbocycles. The third-order valence-corrected chi connectivity index (χ3v) is 10.6. The summed E-state index contributed by atoms with van der Waals surface area (Å²) in [6, 6.07) is 9.19. The molecule has 196 valence electrons. The molecule has 0 aliphatic heterocycles. The van der Waals surface area contributed by atoms with E-state index in [9.17, 15) is 18.4 Å². The van der Waals surface area contributed by atoms with Crippen molar-refractivity contribution in [3.63, 3.8) is 0 Å². The maximum Gasteiger partial charge on any atom is 0.343 e. The van der Waals surface area contributed by atoms with E-state index in [1.54, 1.807) is 26.8 Å². The number of hydrogen-bond donors (Lipinski definition) is 2. The Kier molecular flexibility index (Phi) is 9.98. The molecule has 2 N–H and O–H groups in total. The second-order valence-corrected chi connectivity index (χ2v) is 13.1. The van der Waals surface area contributed by atoms with Gasteiger partial charge in [-0.3, -0.25) is 18.4 Å². The predicted molar refractivity (Wildman–Crippen MR) is 145 cm³/mol. The number of rotatable bonds is 13. The number of aromatic nitrogens is 2. The Hall–Kier alpha value is -2.37. The van der Waals surface area contributed by atoms with Crippen molar-refractivity contribution in [3.05, 3.63) is 57.0 Å². The van der Waals surface area contributed by atoms with E-state index < -0.39 is 18.4 Å². The van der Waals surface area contributed by atoms with Crippen LogP contribution in [0.1, 0.15) is 34.9 Å². The average molecular weight is 555 g/mol. The van der Waals surface area contributed by atoms with Gasteiger partial charge in [-0.1, -0.05) is 6.07 Å². The van der Waals surface area contributed by atoms with Gasteiger partial charge in [0.2, 0.25) is 0 Å². The number of aryl methyl sites for hydroxylation is 1. The molecule has 0 aliphatic rings. The Balaban J connectivity index is 1.54. The SMILES string of the molecule is CCOP(=O)(CS(=O)CCNC(=O)c1ccc(N(C)Cc2ccc3nc(C)[nH]c(=O)c3c2)s1)OCC. The van der Waals surface area contributed by atoms with Crippen LogP contribution >= 0.6 is 18.9 Å². The highest BCUT2D eigenvalue weighted by Gasteiger charge is 2.26. The monoisotopic (exact) mass is 554 g/mol. The number of amides is 1. The Morgan fingerprint density at radius 2 is 1.94 bits per heavy atom.